The number of aliphatic hydroxyl groups is 1. The Morgan fingerprint density at radius 3 is 2.75 bits per heavy atom. The minimum Gasteiger partial charge on any atom is -0.494 e. The molecule has 1 aliphatic rings. The van der Waals surface area contributed by atoms with Gasteiger partial charge in [0.2, 0.25) is 0 Å². The predicted octanol–water partition coefficient (Wildman–Crippen LogP) is 3.09. The van der Waals surface area contributed by atoms with E-state index in [0.717, 1.165) is 30.0 Å². The molecule has 20 heavy (non-hydrogen) atoms. The smallest absolute Gasteiger partial charge is 0.121 e. The average molecular weight is 272 g/mol. The van der Waals surface area contributed by atoms with Crippen molar-refractivity contribution in [2.75, 3.05) is 6.61 Å². The van der Waals surface area contributed by atoms with Crippen LogP contribution in [0.4, 0.5) is 0 Å². The highest BCUT2D eigenvalue weighted by Crippen LogP contribution is 2.37. The van der Waals surface area contributed by atoms with Crippen LogP contribution in [0.2, 0.25) is 0 Å². The molecule has 1 atom stereocenters. The van der Waals surface area contributed by atoms with Gasteiger partial charge in [0, 0.05) is 6.04 Å². The maximum Gasteiger partial charge on any atom is 0.121 e. The maximum atomic E-state index is 10.5. The molecule has 1 aliphatic carbocycles. The first-order chi connectivity index (χ1) is 9.79. The van der Waals surface area contributed by atoms with Gasteiger partial charge in [0.05, 0.1) is 24.8 Å². The third-order valence-corrected chi connectivity index (χ3v) is 3.59. The van der Waals surface area contributed by atoms with Crippen LogP contribution >= 0.6 is 0 Å². The molecule has 1 fully saturated rings. The molecule has 0 spiro atoms. The van der Waals surface area contributed by atoms with E-state index in [2.05, 4.69) is 16.5 Å². The van der Waals surface area contributed by atoms with E-state index >= 15 is 0 Å². The van der Waals surface area contributed by atoms with Gasteiger partial charge in [0.25, 0.3) is 0 Å². The van der Waals surface area contributed by atoms with Gasteiger partial charge in [-0.3, -0.25) is 0 Å². The van der Waals surface area contributed by atoms with Gasteiger partial charge in [0.1, 0.15) is 11.9 Å². The third kappa shape index (κ3) is 2.70. The molecule has 4 nitrogen and oxygen atoms in total. The van der Waals surface area contributed by atoms with Gasteiger partial charge in [-0.05, 0) is 37.0 Å². The molecule has 106 valence electrons. The minimum atomic E-state index is -0.627. The minimum absolute atomic E-state index is 0.523. The molecule has 1 aromatic carbocycles. The zero-order chi connectivity index (χ0) is 13.9. The summed E-state index contributed by atoms with van der Waals surface area (Å²) in [5, 5.41) is 10.5. The quantitative estimate of drug-likeness (QED) is 0.879. The first-order valence-corrected chi connectivity index (χ1v) is 7.22. The number of aliphatic hydroxyl groups excluding tert-OH is 1. The van der Waals surface area contributed by atoms with Crippen LogP contribution in [-0.4, -0.2) is 21.3 Å². The zero-order valence-electron chi connectivity index (χ0n) is 11.7. The van der Waals surface area contributed by atoms with E-state index in [1.165, 1.54) is 12.8 Å². The van der Waals surface area contributed by atoms with Gasteiger partial charge in [-0.15, -0.1) is 0 Å². The SMILES string of the molecule is CCCOc1ccc(C(O)c2cncn2C2CC2)cc1. The molecule has 1 unspecified atom stereocenters. The van der Waals surface area contributed by atoms with Crippen molar-refractivity contribution < 1.29 is 9.84 Å². The number of imidazole rings is 1. The lowest BCUT2D eigenvalue weighted by atomic mass is 10.1. The maximum absolute atomic E-state index is 10.5. The summed E-state index contributed by atoms with van der Waals surface area (Å²) in [5.41, 5.74) is 1.74. The summed E-state index contributed by atoms with van der Waals surface area (Å²) < 4.78 is 7.64. The Bertz CT molecular complexity index is 558. The Morgan fingerprint density at radius 2 is 2.10 bits per heavy atom. The van der Waals surface area contributed by atoms with Crippen LogP contribution in [0.15, 0.2) is 36.8 Å². The Labute approximate surface area is 119 Å². The highest BCUT2D eigenvalue weighted by molar-refractivity contribution is 5.32. The summed E-state index contributed by atoms with van der Waals surface area (Å²) in [7, 11) is 0. The zero-order valence-corrected chi connectivity index (χ0v) is 11.7. The molecule has 0 radical (unpaired) electrons. The van der Waals surface area contributed by atoms with Gasteiger partial charge in [-0.25, -0.2) is 4.98 Å². The average Bonchev–Trinajstić information content (AvgIpc) is 3.22. The molecular formula is C16H20N2O2. The predicted molar refractivity (Wildman–Crippen MR) is 76.8 cm³/mol. The van der Waals surface area contributed by atoms with E-state index < -0.39 is 6.10 Å². The molecule has 0 bridgehead atoms. The second-order valence-corrected chi connectivity index (χ2v) is 5.28. The van der Waals surface area contributed by atoms with Crippen LogP contribution in [0.25, 0.3) is 0 Å². The third-order valence-electron chi connectivity index (χ3n) is 3.59. The van der Waals surface area contributed by atoms with Crippen molar-refractivity contribution in [2.45, 2.75) is 38.3 Å². The largest absolute Gasteiger partial charge is 0.494 e. The van der Waals surface area contributed by atoms with Gasteiger partial charge >= 0.3 is 0 Å². The van der Waals surface area contributed by atoms with E-state index in [1.807, 2.05) is 30.6 Å². The first kappa shape index (κ1) is 13.2. The fourth-order valence-corrected chi connectivity index (χ4v) is 2.32. The standard InChI is InChI=1S/C16H20N2O2/c1-2-9-20-14-7-3-12(4-8-14)16(19)15-10-17-11-18(15)13-5-6-13/h3-4,7-8,10-11,13,16,19H,2,5-6,9H2,1H3. The molecule has 1 aromatic heterocycles. The first-order valence-electron chi connectivity index (χ1n) is 7.22. The van der Waals surface area contributed by atoms with Gasteiger partial charge in [-0.1, -0.05) is 19.1 Å². The highest BCUT2D eigenvalue weighted by Gasteiger charge is 2.27. The molecule has 0 saturated heterocycles. The summed E-state index contributed by atoms with van der Waals surface area (Å²) in [6, 6.07) is 8.17. The monoisotopic (exact) mass is 272 g/mol. The van der Waals surface area contributed by atoms with Crippen LogP contribution in [0.1, 0.15) is 49.6 Å². The molecule has 3 rings (SSSR count). The summed E-state index contributed by atoms with van der Waals surface area (Å²) in [6.45, 7) is 2.80. The van der Waals surface area contributed by atoms with Crippen molar-refractivity contribution in [3.8, 4) is 5.75 Å². The lowest BCUT2D eigenvalue weighted by molar-refractivity contribution is 0.209. The lowest BCUT2D eigenvalue weighted by Gasteiger charge is -2.14. The molecule has 4 heteroatoms. The van der Waals surface area contributed by atoms with E-state index in [0.29, 0.717) is 6.04 Å². The fourth-order valence-electron chi connectivity index (χ4n) is 2.32. The van der Waals surface area contributed by atoms with Crippen LogP contribution in [0.3, 0.4) is 0 Å². The second kappa shape index (κ2) is 5.67. The van der Waals surface area contributed by atoms with Crippen LogP contribution in [0, 0.1) is 0 Å². The van der Waals surface area contributed by atoms with Crippen molar-refractivity contribution in [3.63, 3.8) is 0 Å². The number of nitrogens with zero attached hydrogens (tertiary/aromatic N) is 2. The summed E-state index contributed by atoms with van der Waals surface area (Å²) in [4.78, 5) is 4.17. The van der Waals surface area contributed by atoms with E-state index in [-0.39, 0.29) is 0 Å². The van der Waals surface area contributed by atoms with Gasteiger partial charge < -0.3 is 14.4 Å². The molecule has 0 aliphatic heterocycles. The Hall–Kier alpha value is -1.81. The topological polar surface area (TPSA) is 47.3 Å². The summed E-state index contributed by atoms with van der Waals surface area (Å²) in [6.07, 6.45) is 6.29. The van der Waals surface area contributed by atoms with Gasteiger partial charge in [-0.2, -0.15) is 0 Å². The molecule has 0 amide bonds. The number of rotatable bonds is 6. The molecular weight excluding hydrogens is 252 g/mol. The molecule has 2 aromatic rings. The Kier molecular flexibility index (Phi) is 3.74. The van der Waals surface area contributed by atoms with Crippen LogP contribution in [-0.2, 0) is 0 Å². The second-order valence-electron chi connectivity index (χ2n) is 5.28. The number of benzene rings is 1. The Morgan fingerprint density at radius 1 is 1.35 bits per heavy atom. The van der Waals surface area contributed by atoms with E-state index in [4.69, 9.17) is 4.74 Å². The van der Waals surface area contributed by atoms with Crippen molar-refractivity contribution >= 4 is 0 Å². The Balaban J connectivity index is 1.76. The van der Waals surface area contributed by atoms with Crippen molar-refractivity contribution in [3.05, 3.63) is 48.0 Å². The molecule has 1 heterocycles. The summed E-state index contributed by atoms with van der Waals surface area (Å²) in [5.74, 6) is 0.846. The lowest BCUT2D eigenvalue weighted by Crippen LogP contribution is -2.07. The van der Waals surface area contributed by atoms with Crippen LogP contribution < -0.4 is 4.74 Å². The summed E-state index contributed by atoms with van der Waals surface area (Å²) >= 11 is 0. The van der Waals surface area contributed by atoms with E-state index in [9.17, 15) is 5.11 Å². The number of hydrogen-bond donors (Lipinski definition) is 1. The van der Waals surface area contributed by atoms with Gasteiger partial charge in [0.15, 0.2) is 0 Å². The normalized spacial score (nSPS) is 16.1. The molecule has 1 N–H and O–H groups in total. The van der Waals surface area contributed by atoms with E-state index in [1.54, 1.807) is 6.20 Å². The van der Waals surface area contributed by atoms with Crippen molar-refractivity contribution in [2.24, 2.45) is 0 Å². The molecule has 1 saturated carbocycles. The fraction of sp³-hybridized carbons (Fsp3) is 0.438. The number of aromatic nitrogens is 2. The number of hydrogen-bond acceptors (Lipinski definition) is 3. The highest BCUT2D eigenvalue weighted by atomic mass is 16.5. The van der Waals surface area contributed by atoms with Crippen molar-refractivity contribution in [1.29, 1.82) is 0 Å². The number of ether oxygens (including phenoxy) is 1. The van der Waals surface area contributed by atoms with Crippen molar-refractivity contribution in [1.82, 2.24) is 9.55 Å². The van der Waals surface area contributed by atoms with Crippen LogP contribution in [0.5, 0.6) is 5.75 Å².